The van der Waals surface area contributed by atoms with Gasteiger partial charge in [-0.1, -0.05) is 0 Å². The summed E-state index contributed by atoms with van der Waals surface area (Å²) in [4.78, 5) is 0. The molecule has 0 heterocycles. The molecule has 0 saturated carbocycles. The predicted molar refractivity (Wildman–Crippen MR) is 25.7 cm³/mol. The van der Waals surface area contributed by atoms with Crippen LogP contribution < -0.4 is 0 Å². The molecule has 2 rings (SSSR count). The standard InChI is InChI=1S/C6H2F2O/c7-3-1-2-4(3)5(8)6(2)9/h1,9H. The highest BCUT2D eigenvalue weighted by Gasteiger charge is 2.20. The quantitative estimate of drug-likeness (QED) is 0.566. The summed E-state index contributed by atoms with van der Waals surface area (Å²) in [6.07, 6.45) is 0. The Bertz CT molecular complexity index is 370. The SMILES string of the molecule is Oc1c(F)c2c(F)cc1=2. The lowest BCUT2D eigenvalue weighted by molar-refractivity contribution is 0.403. The van der Waals surface area contributed by atoms with Crippen molar-refractivity contribution in [2.75, 3.05) is 0 Å². The van der Waals surface area contributed by atoms with Crippen LogP contribution in [0.3, 0.4) is 0 Å². The second-order valence-corrected chi connectivity index (χ2v) is 1.94. The van der Waals surface area contributed by atoms with Crippen molar-refractivity contribution in [2.24, 2.45) is 0 Å². The highest BCUT2D eigenvalue weighted by Crippen LogP contribution is 2.30. The Balaban J connectivity index is 2.86. The summed E-state index contributed by atoms with van der Waals surface area (Å²) in [5.74, 6) is -1.79. The summed E-state index contributed by atoms with van der Waals surface area (Å²) in [5.41, 5.74) is 0. The van der Waals surface area contributed by atoms with E-state index >= 15 is 0 Å². The van der Waals surface area contributed by atoms with Crippen molar-refractivity contribution in [3.05, 3.63) is 28.1 Å². The second-order valence-electron chi connectivity index (χ2n) is 1.94. The summed E-state index contributed by atoms with van der Waals surface area (Å²) in [5, 5.41) is 8.82. The first-order valence-electron chi connectivity index (χ1n) is 2.43. The zero-order chi connectivity index (χ0) is 6.59. The first-order valence-corrected chi connectivity index (χ1v) is 2.43. The van der Waals surface area contributed by atoms with Crippen molar-refractivity contribution in [1.29, 1.82) is 0 Å². The van der Waals surface area contributed by atoms with Gasteiger partial charge >= 0.3 is 0 Å². The van der Waals surface area contributed by atoms with E-state index in [0.717, 1.165) is 6.07 Å². The molecule has 1 N–H and O–H groups in total. The van der Waals surface area contributed by atoms with E-state index < -0.39 is 17.4 Å². The maximum absolute atomic E-state index is 12.1. The summed E-state index contributed by atoms with van der Waals surface area (Å²) >= 11 is 0. The second kappa shape index (κ2) is 1.07. The third-order valence-corrected chi connectivity index (χ3v) is 1.46. The van der Waals surface area contributed by atoms with Gasteiger partial charge in [0.1, 0.15) is 5.82 Å². The van der Waals surface area contributed by atoms with Crippen LogP contribution in [0.1, 0.15) is 0 Å². The van der Waals surface area contributed by atoms with Gasteiger partial charge in [0, 0.05) is 5.22 Å². The minimum Gasteiger partial charge on any atom is -0.504 e. The monoisotopic (exact) mass is 128 g/mol. The molecule has 9 heavy (non-hydrogen) atoms. The molecule has 0 radical (unpaired) electrons. The van der Waals surface area contributed by atoms with Crippen molar-refractivity contribution in [3.63, 3.8) is 0 Å². The molecule has 2 aliphatic carbocycles. The Morgan fingerprint density at radius 2 is 2.00 bits per heavy atom. The van der Waals surface area contributed by atoms with Gasteiger partial charge < -0.3 is 5.11 Å². The van der Waals surface area contributed by atoms with Crippen molar-refractivity contribution in [1.82, 2.24) is 0 Å². The number of hydrogen-bond donors (Lipinski definition) is 1. The number of hydrogen-bond acceptors (Lipinski definition) is 1. The fourth-order valence-corrected chi connectivity index (χ4v) is 0.906. The lowest BCUT2D eigenvalue weighted by Crippen LogP contribution is -1.99. The number of benzene rings is 1. The molecule has 3 heteroatoms. The van der Waals surface area contributed by atoms with Crippen LogP contribution in [-0.4, -0.2) is 5.11 Å². The van der Waals surface area contributed by atoms with Gasteiger partial charge in [0.15, 0.2) is 11.6 Å². The molecule has 0 unspecified atom stereocenters. The number of aromatic hydroxyl groups is 1. The Hall–Kier alpha value is -1.12. The summed E-state index contributed by atoms with van der Waals surface area (Å²) in [6, 6.07) is 1.10. The van der Waals surface area contributed by atoms with E-state index in [1.807, 2.05) is 0 Å². The van der Waals surface area contributed by atoms with Gasteiger partial charge in [-0.25, -0.2) is 8.78 Å². The van der Waals surface area contributed by atoms with E-state index in [1.165, 1.54) is 0 Å². The molecule has 2 aliphatic rings. The minimum atomic E-state index is -0.815. The Labute approximate surface area is 48.9 Å². The average Bonchev–Trinajstić information content (AvgIpc) is 1.81. The van der Waals surface area contributed by atoms with E-state index in [-0.39, 0.29) is 5.22 Å². The zero-order valence-corrected chi connectivity index (χ0v) is 4.28. The van der Waals surface area contributed by atoms with Gasteiger partial charge in [0.05, 0.1) is 5.22 Å². The summed E-state index contributed by atoms with van der Waals surface area (Å²) in [6.45, 7) is 0. The van der Waals surface area contributed by atoms with E-state index in [1.54, 1.807) is 0 Å². The van der Waals surface area contributed by atoms with Crippen LogP contribution in [0.2, 0.25) is 0 Å². The van der Waals surface area contributed by atoms with Gasteiger partial charge in [0.25, 0.3) is 0 Å². The van der Waals surface area contributed by atoms with Crippen molar-refractivity contribution in [2.45, 2.75) is 0 Å². The molecule has 0 amide bonds. The van der Waals surface area contributed by atoms with Crippen molar-refractivity contribution < 1.29 is 13.9 Å². The van der Waals surface area contributed by atoms with Gasteiger partial charge in [0.2, 0.25) is 0 Å². The van der Waals surface area contributed by atoms with Crippen LogP contribution in [0, 0.1) is 22.1 Å². The van der Waals surface area contributed by atoms with Gasteiger partial charge in [-0.05, 0) is 6.07 Å². The zero-order valence-electron chi connectivity index (χ0n) is 4.28. The topological polar surface area (TPSA) is 20.2 Å². The minimum absolute atomic E-state index is 0.0486. The van der Waals surface area contributed by atoms with Crippen LogP contribution in [0.5, 0.6) is 5.75 Å². The van der Waals surface area contributed by atoms with Crippen molar-refractivity contribution in [3.8, 4) is 5.75 Å². The lowest BCUT2D eigenvalue weighted by Gasteiger charge is -2.08. The number of rotatable bonds is 0. The smallest absolute Gasteiger partial charge is 0.176 e. The van der Waals surface area contributed by atoms with Crippen LogP contribution in [0.15, 0.2) is 6.07 Å². The highest BCUT2D eigenvalue weighted by molar-refractivity contribution is 5.40. The third-order valence-electron chi connectivity index (χ3n) is 1.46. The maximum atomic E-state index is 12.1. The molecule has 0 bridgehead atoms. The first kappa shape index (κ1) is 4.73. The highest BCUT2D eigenvalue weighted by atomic mass is 19.1. The van der Waals surface area contributed by atoms with Crippen LogP contribution in [0.25, 0.3) is 0 Å². The summed E-state index contributed by atoms with van der Waals surface area (Å²) in [7, 11) is 0. The largest absolute Gasteiger partial charge is 0.504 e. The Kier molecular flexibility index (Phi) is 0.565. The Morgan fingerprint density at radius 1 is 1.33 bits per heavy atom. The van der Waals surface area contributed by atoms with E-state index in [4.69, 9.17) is 5.11 Å². The number of halogens is 2. The Morgan fingerprint density at radius 3 is 2.33 bits per heavy atom. The molecule has 0 spiro atoms. The van der Waals surface area contributed by atoms with Gasteiger partial charge in [-0.3, -0.25) is 0 Å². The van der Waals surface area contributed by atoms with Gasteiger partial charge in [-0.15, -0.1) is 0 Å². The maximum Gasteiger partial charge on any atom is 0.176 e. The molecular formula is C6H2F2O. The van der Waals surface area contributed by atoms with Crippen LogP contribution >= 0.6 is 0 Å². The number of phenolic OH excluding ortho intramolecular Hbond substituents is 1. The molecule has 46 valence electrons. The molecule has 0 atom stereocenters. The molecule has 0 fully saturated rings. The molecule has 0 aromatic heterocycles. The average molecular weight is 128 g/mol. The number of phenols is 1. The lowest BCUT2D eigenvalue weighted by atomic mass is 10.0. The molecule has 0 aliphatic heterocycles. The third kappa shape index (κ3) is 0.313. The molecular weight excluding hydrogens is 126 g/mol. The molecule has 0 saturated heterocycles. The van der Waals surface area contributed by atoms with E-state index in [2.05, 4.69) is 0 Å². The predicted octanol–water partition coefficient (Wildman–Crippen LogP) is 1.27. The molecule has 1 nitrogen and oxygen atoms in total. The van der Waals surface area contributed by atoms with E-state index in [9.17, 15) is 8.78 Å². The normalized spacial score (nSPS) is 11.8. The molecule has 0 aromatic carbocycles. The summed E-state index contributed by atoms with van der Waals surface area (Å²) < 4.78 is 24.2. The first-order chi connectivity index (χ1) is 4.22. The van der Waals surface area contributed by atoms with Crippen molar-refractivity contribution >= 4 is 0 Å². The van der Waals surface area contributed by atoms with E-state index in [0.29, 0.717) is 5.22 Å². The fraction of sp³-hybridized carbons (Fsp3) is 0. The fourth-order valence-electron chi connectivity index (χ4n) is 0.906. The van der Waals surface area contributed by atoms with Gasteiger partial charge in [-0.2, -0.15) is 0 Å². The van der Waals surface area contributed by atoms with Crippen LogP contribution in [0.4, 0.5) is 8.78 Å². The van der Waals surface area contributed by atoms with Crippen LogP contribution in [-0.2, 0) is 0 Å². The molecule has 0 aromatic rings.